The van der Waals surface area contributed by atoms with Gasteiger partial charge in [-0.25, -0.2) is 9.37 Å². The summed E-state index contributed by atoms with van der Waals surface area (Å²) in [6.45, 7) is 3.14. The lowest BCUT2D eigenvalue weighted by atomic mass is 9.98. The summed E-state index contributed by atoms with van der Waals surface area (Å²) in [4.78, 5) is 22.9. The molecule has 1 aromatic heterocycles. The first-order valence-electron chi connectivity index (χ1n) is 9.99. The SMILES string of the molecule is Cc1ccc(C(=O)c2ccc(O)c(-c3cc(OCCN(C)CCO)nc(N)n3)c2)c(F)c1. The lowest BCUT2D eigenvalue weighted by Gasteiger charge is -2.15. The minimum atomic E-state index is -0.613. The van der Waals surface area contributed by atoms with Crippen molar-refractivity contribution in [2.45, 2.75) is 6.92 Å². The number of benzene rings is 2. The Morgan fingerprint density at radius 3 is 2.66 bits per heavy atom. The first-order valence-corrected chi connectivity index (χ1v) is 9.99. The molecule has 0 atom stereocenters. The number of rotatable bonds is 9. The Morgan fingerprint density at radius 2 is 1.94 bits per heavy atom. The van der Waals surface area contributed by atoms with Gasteiger partial charge in [0.15, 0.2) is 5.78 Å². The molecule has 0 unspecified atom stereocenters. The maximum absolute atomic E-state index is 14.3. The molecule has 0 radical (unpaired) electrons. The van der Waals surface area contributed by atoms with Crippen LogP contribution in [0.25, 0.3) is 11.3 Å². The molecule has 0 saturated carbocycles. The molecule has 0 spiro atoms. The number of anilines is 1. The van der Waals surface area contributed by atoms with Crippen LogP contribution in [0.3, 0.4) is 0 Å². The van der Waals surface area contributed by atoms with Crippen molar-refractivity contribution in [2.75, 3.05) is 39.1 Å². The molecule has 0 bridgehead atoms. The molecule has 168 valence electrons. The summed E-state index contributed by atoms with van der Waals surface area (Å²) in [5, 5.41) is 19.3. The lowest BCUT2D eigenvalue weighted by Crippen LogP contribution is -2.27. The van der Waals surface area contributed by atoms with E-state index in [0.29, 0.717) is 25.3 Å². The minimum Gasteiger partial charge on any atom is -0.507 e. The van der Waals surface area contributed by atoms with Gasteiger partial charge < -0.3 is 25.6 Å². The Balaban J connectivity index is 1.87. The maximum Gasteiger partial charge on any atom is 0.223 e. The number of aliphatic hydroxyl groups excluding tert-OH is 1. The number of aliphatic hydroxyl groups is 1. The Kier molecular flexibility index (Phi) is 7.34. The lowest BCUT2D eigenvalue weighted by molar-refractivity contribution is 0.103. The number of nitrogen functional groups attached to an aromatic ring is 1. The average molecular weight is 440 g/mol. The topological polar surface area (TPSA) is 122 Å². The molecule has 0 amide bonds. The highest BCUT2D eigenvalue weighted by atomic mass is 19.1. The molecular weight excluding hydrogens is 415 g/mol. The number of phenols is 1. The van der Waals surface area contributed by atoms with Crippen LogP contribution in [0.5, 0.6) is 11.6 Å². The number of aromatic nitrogens is 2. The van der Waals surface area contributed by atoms with E-state index in [0.717, 1.165) is 0 Å². The molecule has 9 heteroatoms. The van der Waals surface area contributed by atoms with Crippen LogP contribution in [-0.4, -0.2) is 64.2 Å². The van der Waals surface area contributed by atoms with Crippen molar-refractivity contribution in [3.05, 3.63) is 65.0 Å². The van der Waals surface area contributed by atoms with Gasteiger partial charge in [0, 0.05) is 30.3 Å². The molecule has 0 fully saturated rings. The molecule has 32 heavy (non-hydrogen) atoms. The third-order valence-corrected chi connectivity index (χ3v) is 4.83. The number of nitrogens with two attached hydrogens (primary N) is 1. The molecular formula is C23H25FN4O4. The number of aryl methyl sites for hydroxylation is 1. The Labute approximate surface area is 185 Å². The zero-order chi connectivity index (χ0) is 23.3. The Bertz CT molecular complexity index is 1120. The van der Waals surface area contributed by atoms with Gasteiger partial charge in [0.25, 0.3) is 0 Å². The van der Waals surface area contributed by atoms with Gasteiger partial charge in [-0.15, -0.1) is 0 Å². The van der Waals surface area contributed by atoms with E-state index in [2.05, 4.69) is 9.97 Å². The van der Waals surface area contributed by atoms with Crippen LogP contribution < -0.4 is 10.5 Å². The van der Waals surface area contributed by atoms with Gasteiger partial charge in [-0.2, -0.15) is 4.98 Å². The minimum absolute atomic E-state index is 0.0436. The molecule has 2 aromatic carbocycles. The van der Waals surface area contributed by atoms with Gasteiger partial charge in [-0.3, -0.25) is 4.79 Å². The molecule has 3 aromatic rings. The van der Waals surface area contributed by atoms with Crippen LogP contribution >= 0.6 is 0 Å². The summed E-state index contributed by atoms with van der Waals surface area (Å²) < 4.78 is 19.9. The van der Waals surface area contributed by atoms with E-state index < -0.39 is 11.6 Å². The van der Waals surface area contributed by atoms with Crippen molar-refractivity contribution >= 4 is 11.7 Å². The van der Waals surface area contributed by atoms with Crippen molar-refractivity contribution in [3.8, 4) is 22.9 Å². The summed E-state index contributed by atoms with van der Waals surface area (Å²) in [7, 11) is 1.84. The average Bonchev–Trinajstić information content (AvgIpc) is 2.73. The molecule has 0 aliphatic carbocycles. The number of nitrogens with zero attached hydrogens (tertiary/aromatic N) is 3. The second-order valence-electron chi connectivity index (χ2n) is 7.37. The molecule has 0 saturated heterocycles. The van der Waals surface area contributed by atoms with Crippen LogP contribution in [0.4, 0.5) is 10.3 Å². The van der Waals surface area contributed by atoms with Crippen LogP contribution in [0, 0.1) is 12.7 Å². The van der Waals surface area contributed by atoms with E-state index in [9.17, 15) is 14.3 Å². The molecule has 4 N–H and O–H groups in total. The van der Waals surface area contributed by atoms with E-state index >= 15 is 0 Å². The maximum atomic E-state index is 14.3. The fourth-order valence-electron chi connectivity index (χ4n) is 3.09. The van der Waals surface area contributed by atoms with Crippen LogP contribution in [0.15, 0.2) is 42.5 Å². The predicted molar refractivity (Wildman–Crippen MR) is 118 cm³/mol. The van der Waals surface area contributed by atoms with Crippen molar-refractivity contribution < 1.29 is 24.1 Å². The highest BCUT2D eigenvalue weighted by Crippen LogP contribution is 2.31. The zero-order valence-electron chi connectivity index (χ0n) is 17.9. The molecule has 8 nitrogen and oxygen atoms in total. The first kappa shape index (κ1) is 23.1. The standard InChI is InChI=1S/C23H25FN4O4/c1-14-3-5-16(18(24)11-14)22(31)15-4-6-20(30)17(12-15)19-13-21(27-23(25)26-19)32-10-8-28(2)7-9-29/h3-6,11-13,29-30H,7-10H2,1-2H3,(H2,25,26,27). The summed E-state index contributed by atoms with van der Waals surface area (Å²) in [6, 6.07) is 10.1. The molecule has 0 aliphatic rings. The third kappa shape index (κ3) is 5.57. The van der Waals surface area contributed by atoms with Gasteiger partial charge in [0.1, 0.15) is 18.2 Å². The summed E-state index contributed by atoms with van der Waals surface area (Å²) in [5.41, 5.74) is 7.13. The van der Waals surface area contributed by atoms with E-state index in [1.165, 1.54) is 36.4 Å². The second-order valence-corrected chi connectivity index (χ2v) is 7.37. The van der Waals surface area contributed by atoms with Crippen LogP contribution in [0.2, 0.25) is 0 Å². The van der Waals surface area contributed by atoms with Crippen molar-refractivity contribution in [1.82, 2.24) is 14.9 Å². The van der Waals surface area contributed by atoms with Gasteiger partial charge in [-0.05, 0) is 49.9 Å². The summed E-state index contributed by atoms with van der Waals surface area (Å²) in [5.74, 6) is -1.13. The first-order chi connectivity index (χ1) is 15.3. The van der Waals surface area contributed by atoms with Crippen LogP contribution in [0.1, 0.15) is 21.5 Å². The molecule has 3 rings (SSSR count). The van der Waals surface area contributed by atoms with Crippen molar-refractivity contribution in [2.24, 2.45) is 0 Å². The normalized spacial score (nSPS) is 11.0. The summed E-state index contributed by atoms with van der Waals surface area (Å²) >= 11 is 0. The number of carbonyl (C=O) groups excluding carboxylic acids is 1. The van der Waals surface area contributed by atoms with Gasteiger partial charge in [0.2, 0.25) is 11.8 Å². The fourth-order valence-corrected chi connectivity index (χ4v) is 3.09. The number of ether oxygens (including phenoxy) is 1. The highest BCUT2D eigenvalue weighted by Gasteiger charge is 2.18. The Hall–Kier alpha value is -3.56. The van der Waals surface area contributed by atoms with Gasteiger partial charge in [-0.1, -0.05) is 6.07 Å². The number of hydrogen-bond donors (Lipinski definition) is 3. The molecule has 0 aliphatic heterocycles. The fraction of sp³-hybridized carbons (Fsp3) is 0.261. The monoisotopic (exact) mass is 440 g/mol. The third-order valence-electron chi connectivity index (χ3n) is 4.83. The van der Waals surface area contributed by atoms with Crippen LogP contribution in [-0.2, 0) is 0 Å². The zero-order valence-corrected chi connectivity index (χ0v) is 17.9. The number of ketones is 1. The van der Waals surface area contributed by atoms with Crippen molar-refractivity contribution in [1.29, 1.82) is 0 Å². The largest absolute Gasteiger partial charge is 0.507 e. The van der Waals surface area contributed by atoms with E-state index in [4.69, 9.17) is 15.6 Å². The molecule has 1 heterocycles. The predicted octanol–water partition coefficient (Wildman–Crippen LogP) is 2.41. The number of phenolic OH excluding ortho intramolecular Hbond substituents is 1. The number of hydrogen-bond acceptors (Lipinski definition) is 8. The summed E-state index contributed by atoms with van der Waals surface area (Å²) in [6.07, 6.45) is 0. The van der Waals surface area contributed by atoms with Gasteiger partial charge in [0.05, 0.1) is 17.9 Å². The van der Waals surface area contributed by atoms with E-state index in [-0.39, 0.29) is 46.6 Å². The Morgan fingerprint density at radius 1 is 1.16 bits per heavy atom. The van der Waals surface area contributed by atoms with E-state index in [1.54, 1.807) is 13.0 Å². The number of likely N-dealkylation sites (N-methyl/N-ethyl adjacent to an activating group) is 1. The number of halogens is 1. The van der Waals surface area contributed by atoms with Gasteiger partial charge >= 0.3 is 0 Å². The number of aromatic hydroxyl groups is 1. The van der Waals surface area contributed by atoms with E-state index in [1.807, 2.05) is 11.9 Å². The number of carbonyl (C=O) groups is 1. The smallest absolute Gasteiger partial charge is 0.223 e. The second kappa shape index (κ2) is 10.2. The van der Waals surface area contributed by atoms with Crippen molar-refractivity contribution in [3.63, 3.8) is 0 Å². The highest BCUT2D eigenvalue weighted by molar-refractivity contribution is 6.09. The quantitative estimate of drug-likeness (QED) is 0.434.